The molecule has 1 aliphatic heterocycles. The number of carbonyl (C=O) groups is 1. The topological polar surface area (TPSA) is 55.6 Å². The number of nitrogens with two attached hydrogens (primary N) is 1. The molecule has 2 atom stereocenters. The van der Waals surface area contributed by atoms with Crippen molar-refractivity contribution in [1.29, 1.82) is 0 Å². The fraction of sp³-hybridized carbons (Fsp3) is 0.562. The third kappa shape index (κ3) is 4.35. The number of hydrogen-bond donors (Lipinski definition) is 1. The van der Waals surface area contributed by atoms with E-state index in [9.17, 15) is 4.79 Å². The second-order valence-electron chi connectivity index (χ2n) is 6.53. The van der Waals surface area contributed by atoms with Gasteiger partial charge in [0.1, 0.15) is 5.60 Å². The minimum atomic E-state index is -0.504. The lowest BCUT2D eigenvalue weighted by Crippen LogP contribution is -2.46. The maximum Gasteiger partial charge on any atom is 0.410 e. The molecule has 2 N–H and O–H groups in total. The summed E-state index contributed by atoms with van der Waals surface area (Å²) in [6.45, 7) is 6.21. The molecule has 1 aliphatic rings. The van der Waals surface area contributed by atoms with Crippen LogP contribution in [-0.4, -0.2) is 29.2 Å². The lowest BCUT2D eigenvalue weighted by atomic mass is 9.92. The number of nitrogens with zero attached hydrogens (tertiary/aromatic N) is 1. The van der Waals surface area contributed by atoms with Crippen LogP contribution in [0.3, 0.4) is 0 Å². The van der Waals surface area contributed by atoms with Crippen molar-refractivity contribution in [2.24, 2.45) is 5.73 Å². The van der Waals surface area contributed by atoms with Gasteiger partial charge in [-0.25, -0.2) is 4.79 Å². The van der Waals surface area contributed by atoms with Gasteiger partial charge in [0.25, 0.3) is 0 Å². The van der Waals surface area contributed by atoms with Gasteiger partial charge in [0.15, 0.2) is 0 Å². The van der Waals surface area contributed by atoms with Crippen LogP contribution >= 0.6 is 11.6 Å². The van der Waals surface area contributed by atoms with E-state index in [1.807, 2.05) is 45.0 Å². The van der Waals surface area contributed by atoms with E-state index in [0.29, 0.717) is 11.6 Å². The molecule has 1 fully saturated rings. The quantitative estimate of drug-likeness (QED) is 0.859. The number of amides is 1. The van der Waals surface area contributed by atoms with Crippen molar-refractivity contribution in [1.82, 2.24) is 4.90 Å². The molecule has 0 radical (unpaired) electrons. The zero-order chi connectivity index (χ0) is 15.6. The van der Waals surface area contributed by atoms with Crippen LogP contribution in [0.25, 0.3) is 0 Å². The minimum absolute atomic E-state index is 0.0812. The Kier molecular flexibility index (Phi) is 4.79. The maximum atomic E-state index is 12.4. The molecule has 1 heterocycles. The second kappa shape index (κ2) is 6.24. The van der Waals surface area contributed by atoms with Crippen molar-refractivity contribution < 1.29 is 9.53 Å². The molecule has 1 aromatic rings. The number of hydrogen-bond acceptors (Lipinski definition) is 3. The average molecular weight is 311 g/mol. The smallest absolute Gasteiger partial charge is 0.410 e. The molecular weight excluding hydrogens is 288 g/mol. The maximum absolute atomic E-state index is 12.4. The van der Waals surface area contributed by atoms with E-state index in [4.69, 9.17) is 22.1 Å². The molecule has 1 aromatic carbocycles. The molecule has 0 bridgehead atoms. The molecule has 4 nitrogen and oxygen atoms in total. The largest absolute Gasteiger partial charge is 0.444 e. The molecule has 0 spiro atoms. The molecular formula is C16H23ClN2O2. The van der Waals surface area contributed by atoms with Crippen molar-refractivity contribution in [3.8, 4) is 0 Å². The summed E-state index contributed by atoms with van der Waals surface area (Å²) in [6, 6.07) is 7.60. The Balaban J connectivity index is 2.23. The van der Waals surface area contributed by atoms with Gasteiger partial charge < -0.3 is 15.4 Å². The van der Waals surface area contributed by atoms with Crippen LogP contribution in [0.4, 0.5) is 4.79 Å². The highest BCUT2D eigenvalue weighted by Gasteiger charge is 2.34. The lowest BCUT2D eigenvalue weighted by molar-refractivity contribution is 0.00797. The zero-order valence-corrected chi connectivity index (χ0v) is 13.6. The van der Waals surface area contributed by atoms with Crippen molar-refractivity contribution >= 4 is 17.7 Å². The van der Waals surface area contributed by atoms with Gasteiger partial charge in [-0.3, -0.25) is 0 Å². The Bertz CT molecular complexity index is 513. The third-order valence-corrected chi connectivity index (χ3v) is 3.74. The van der Waals surface area contributed by atoms with Crippen LogP contribution in [0.5, 0.6) is 0 Å². The van der Waals surface area contributed by atoms with Crippen molar-refractivity contribution in [2.45, 2.75) is 51.3 Å². The summed E-state index contributed by atoms with van der Waals surface area (Å²) < 4.78 is 5.51. The molecule has 116 valence electrons. The fourth-order valence-corrected chi connectivity index (χ4v) is 2.76. The highest BCUT2D eigenvalue weighted by Crippen LogP contribution is 2.32. The number of carbonyl (C=O) groups excluding carboxylic acids is 1. The van der Waals surface area contributed by atoms with Gasteiger partial charge in [-0.05, 0) is 51.3 Å². The molecule has 2 rings (SSSR count). The van der Waals surface area contributed by atoms with Gasteiger partial charge in [-0.1, -0.05) is 23.7 Å². The van der Waals surface area contributed by atoms with Crippen LogP contribution in [0, 0.1) is 0 Å². The highest BCUT2D eigenvalue weighted by atomic mass is 35.5. The first-order valence-electron chi connectivity index (χ1n) is 7.27. The first kappa shape index (κ1) is 16.1. The SMILES string of the molecule is CC(C)(C)OC(=O)N1CCC(N)CC1c1cccc(Cl)c1. The Morgan fingerprint density at radius 3 is 2.76 bits per heavy atom. The molecule has 1 saturated heterocycles. The van der Waals surface area contributed by atoms with E-state index in [1.54, 1.807) is 4.90 Å². The molecule has 0 aromatic heterocycles. The van der Waals surface area contributed by atoms with Gasteiger partial charge in [-0.2, -0.15) is 0 Å². The van der Waals surface area contributed by atoms with E-state index in [0.717, 1.165) is 18.4 Å². The van der Waals surface area contributed by atoms with E-state index in [1.165, 1.54) is 0 Å². The molecule has 2 unspecified atom stereocenters. The molecule has 0 aliphatic carbocycles. The fourth-order valence-electron chi connectivity index (χ4n) is 2.56. The molecule has 5 heteroatoms. The normalized spacial score (nSPS) is 23.0. The molecule has 21 heavy (non-hydrogen) atoms. The summed E-state index contributed by atoms with van der Waals surface area (Å²) in [5.74, 6) is 0. The van der Waals surface area contributed by atoms with Crippen molar-refractivity contribution in [2.75, 3.05) is 6.54 Å². The predicted molar refractivity (Wildman–Crippen MR) is 84.3 cm³/mol. The van der Waals surface area contributed by atoms with E-state index < -0.39 is 5.60 Å². The predicted octanol–water partition coefficient (Wildman–Crippen LogP) is 3.74. The first-order chi connectivity index (χ1) is 9.76. The Hall–Kier alpha value is -1.26. The second-order valence-corrected chi connectivity index (χ2v) is 6.97. The summed E-state index contributed by atoms with van der Waals surface area (Å²) in [6.07, 6.45) is 1.22. The van der Waals surface area contributed by atoms with Crippen LogP contribution in [-0.2, 0) is 4.74 Å². The highest BCUT2D eigenvalue weighted by molar-refractivity contribution is 6.30. The van der Waals surface area contributed by atoms with Crippen molar-refractivity contribution in [3.63, 3.8) is 0 Å². The Labute approximate surface area is 131 Å². The first-order valence-corrected chi connectivity index (χ1v) is 7.65. The zero-order valence-electron chi connectivity index (χ0n) is 12.8. The molecule has 0 saturated carbocycles. The summed E-state index contributed by atoms with van der Waals surface area (Å²) in [7, 11) is 0. The van der Waals surface area contributed by atoms with E-state index in [-0.39, 0.29) is 18.2 Å². The van der Waals surface area contributed by atoms with Crippen LogP contribution in [0.15, 0.2) is 24.3 Å². The van der Waals surface area contributed by atoms with Crippen LogP contribution < -0.4 is 5.73 Å². The minimum Gasteiger partial charge on any atom is -0.444 e. The van der Waals surface area contributed by atoms with Crippen LogP contribution in [0.1, 0.15) is 45.2 Å². The van der Waals surface area contributed by atoms with Gasteiger partial charge in [-0.15, -0.1) is 0 Å². The molecule has 1 amide bonds. The van der Waals surface area contributed by atoms with Gasteiger partial charge >= 0.3 is 6.09 Å². The number of rotatable bonds is 1. The summed E-state index contributed by atoms with van der Waals surface area (Å²) in [5, 5.41) is 0.663. The van der Waals surface area contributed by atoms with Crippen molar-refractivity contribution in [3.05, 3.63) is 34.9 Å². The van der Waals surface area contributed by atoms with Gasteiger partial charge in [0.2, 0.25) is 0 Å². The number of halogens is 1. The summed E-state index contributed by atoms with van der Waals surface area (Å²) in [5.41, 5.74) is 6.58. The number of piperidine rings is 1. The monoisotopic (exact) mass is 310 g/mol. The Morgan fingerprint density at radius 1 is 1.43 bits per heavy atom. The van der Waals surface area contributed by atoms with Gasteiger partial charge in [0, 0.05) is 17.6 Å². The van der Waals surface area contributed by atoms with E-state index in [2.05, 4.69) is 0 Å². The van der Waals surface area contributed by atoms with Crippen LogP contribution in [0.2, 0.25) is 5.02 Å². The number of benzene rings is 1. The summed E-state index contributed by atoms with van der Waals surface area (Å²) in [4.78, 5) is 14.2. The average Bonchev–Trinajstić information content (AvgIpc) is 2.36. The van der Waals surface area contributed by atoms with E-state index >= 15 is 0 Å². The third-order valence-electron chi connectivity index (χ3n) is 3.50. The standard InChI is InChI=1S/C16H23ClN2O2/c1-16(2,3)21-15(20)19-8-7-13(18)10-14(19)11-5-4-6-12(17)9-11/h4-6,9,13-14H,7-8,10,18H2,1-3H3. The Morgan fingerprint density at radius 2 is 2.14 bits per heavy atom. The summed E-state index contributed by atoms with van der Waals surface area (Å²) >= 11 is 6.07. The lowest BCUT2D eigenvalue weighted by Gasteiger charge is -2.39. The van der Waals surface area contributed by atoms with Gasteiger partial charge in [0.05, 0.1) is 6.04 Å². The number of likely N-dealkylation sites (tertiary alicyclic amines) is 1. The number of ether oxygens (including phenoxy) is 1.